The van der Waals surface area contributed by atoms with E-state index < -0.39 is 0 Å². The second-order valence-electron chi connectivity index (χ2n) is 13.4. The fourth-order valence-electron chi connectivity index (χ4n) is 5.70. The molecule has 0 atom stereocenters. The monoisotopic (exact) mass is 716 g/mol. The van der Waals surface area contributed by atoms with Crippen LogP contribution >= 0.6 is 0 Å². The maximum absolute atomic E-state index is 13.7. The number of nitrogens with one attached hydrogen (secondary N) is 2. The van der Waals surface area contributed by atoms with Crippen molar-refractivity contribution in [2.24, 2.45) is 0 Å². The van der Waals surface area contributed by atoms with Gasteiger partial charge >= 0.3 is 29.6 Å². The van der Waals surface area contributed by atoms with Crippen molar-refractivity contribution in [3.63, 3.8) is 0 Å². The topological polar surface area (TPSA) is 102 Å². The van der Waals surface area contributed by atoms with E-state index in [2.05, 4.69) is 53.3 Å². The van der Waals surface area contributed by atoms with Crippen LogP contribution in [0, 0.1) is 0 Å². The Morgan fingerprint density at radius 3 is 1.30 bits per heavy atom. The summed E-state index contributed by atoms with van der Waals surface area (Å²) in [4.78, 5) is 31.9. The second kappa shape index (κ2) is 21.2. The number of halogens is 1. The molecule has 0 aliphatic carbocycles. The Morgan fingerprint density at radius 2 is 0.940 bits per heavy atom. The molecule has 3 aliphatic heterocycles. The average Bonchev–Trinajstić information content (AvgIpc) is 3.05. The van der Waals surface area contributed by atoms with Crippen LogP contribution < -0.4 is 52.6 Å². The molecule has 3 aromatic rings. The van der Waals surface area contributed by atoms with Crippen molar-refractivity contribution < 1.29 is 70.5 Å². The van der Waals surface area contributed by atoms with Crippen molar-refractivity contribution in [2.75, 3.05) is 89.7 Å². The number of carbonyl (C=O) groups excluding carboxylic acids is 2. The first-order valence-corrected chi connectivity index (χ1v) is 16.9. The molecule has 2 amide bonds. The maximum atomic E-state index is 13.7. The van der Waals surface area contributed by atoms with E-state index in [4.69, 9.17) is 18.9 Å². The summed E-state index contributed by atoms with van der Waals surface area (Å²) < 4.78 is 23.7. The summed E-state index contributed by atoms with van der Waals surface area (Å²) in [5.41, 5.74) is 4.98. The van der Waals surface area contributed by atoms with E-state index >= 15 is 0 Å². The molecule has 0 aromatic heterocycles. The summed E-state index contributed by atoms with van der Waals surface area (Å²) in [6, 6.07) is 21.2. The standard InChI is InChI=1S/C38H50N4O6.ClH.Na/c1-38(2,3)33-25-31-24-32(26-33)37(44)40-35-9-5-7-30(23-35)28-42-12-16-47-20-18-45-14-10-41(11-15-46-19-21-48-17-13-42)27-29-6-4-8-34(22-29)39-36(31)43;;/h4-9,22-26H,10-21,27-28H2,1-3H3,(H,39,43)(H,40,44);1H;/q;;+1/p-1. The Kier molecular flexibility index (Phi) is 17.9. The van der Waals surface area contributed by atoms with Gasteiger partial charge in [0.2, 0.25) is 0 Å². The minimum atomic E-state index is -0.276. The number of nitrogens with zero attached hydrogens (tertiary/aromatic N) is 2. The third kappa shape index (κ3) is 13.7. The molecule has 3 heterocycles. The molecular formula is C38H50ClN4NaO6. The Hall–Kier alpha value is -2.35. The summed E-state index contributed by atoms with van der Waals surface area (Å²) in [7, 11) is 0. The number of hydrogen-bond donors (Lipinski definition) is 2. The van der Waals surface area contributed by atoms with E-state index in [0.29, 0.717) is 88.4 Å². The quantitative estimate of drug-likeness (QED) is 0.292. The van der Waals surface area contributed by atoms with E-state index in [1.54, 1.807) is 6.07 Å². The molecule has 2 N–H and O–H groups in total. The van der Waals surface area contributed by atoms with Crippen molar-refractivity contribution in [2.45, 2.75) is 39.3 Å². The molecule has 3 aliphatic rings. The number of benzene rings is 3. The fraction of sp³-hybridized carbons (Fsp3) is 0.474. The zero-order chi connectivity index (χ0) is 33.8. The van der Waals surface area contributed by atoms with Gasteiger partial charge < -0.3 is 42.0 Å². The molecule has 0 saturated carbocycles. The van der Waals surface area contributed by atoms with Crippen LogP contribution in [0.3, 0.4) is 0 Å². The molecule has 0 unspecified atom stereocenters. The summed E-state index contributed by atoms with van der Waals surface area (Å²) >= 11 is 0. The van der Waals surface area contributed by atoms with Gasteiger partial charge in [-0.3, -0.25) is 19.4 Å². The molecule has 8 bridgehead atoms. The van der Waals surface area contributed by atoms with E-state index in [9.17, 15) is 9.59 Å². The first kappa shape index (κ1) is 42.1. The largest absolute Gasteiger partial charge is 1.00 e. The van der Waals surface area contributed by atoms with Crippen molar-refractivity contribution in [1.29, 1.82) is 0 Å². The van der Waals surface area contributed by atoms with Crippen molar-refractivity contribution >= 4 is 23.2 Å². The number of anilines is 2. The summed E-state index contributed by atoms with van der Waals surface area (Å²) in [5, 5.41) is 6.13. The van der Waals surface area contributed by atoms with Gasteiger partial charge in [0.25, 0.3) is 11.8 Å². The molecular weight excluding hydrogens is 667 g/mol. The second-order valence-corrected chi connectivity index (χ2v) is 13.4. The van der Waals surface area contributed by atoms with Gasteiger partial charge in [0, 0.05) is 61.8 Å². The number of amides is 2. The molecule has 50 heavy (non-hydrogen) atoms. The van der Waals surface area contributed by atoms with Crippen LogP contribution in [0.25, 0.3) is 0 Å². The van der Waals surface area contributed by atoms with Gasteiger partial charge in [0.15, 0.2) is 0 Å². The third-order valence-corrected chi connectivity index (χ3v) is 8.46. The predicted octanol–water partition coefficient (Wildman–Crippen LogP) is -0.806. The zero-order valence-electron chi connectivity index (χ0n) is 30.0. The first-order chi connectivity index (χ1) is 23.2. The summed E-state index contributed by atoms with van der Waals surface area (Å²) in [6.45, 7) is 14.9. The number of rotatable bonds is 0. The first-order valence-electron chi connectivity index (χ1n) is 16.9. The van der Waals surface area contributed by atoms with Crippen LogP contribution in [0.2, 0.25) is 0 Å². The molecule has 266 valence electrons. The van der Waals surface area contributed by atoms with E-state index in [0.717, 1.165) is 42.9 Å². The van der Waals surface area contributed by atoms with Gasteiger partial charge in [0.1, 0.15) is 0 Å². The predicted molar refractivity (Wildman–Crippen MR) is 188 cm³/mol. The van der Waals surface area contributed by atoms with Crippen LogP contribution in [0.15, 0.2) is 66.7 Å². The molecule has 0 radical (unpaired) electrons. The minimum Gasteiger partial charge on any atom is -1.00 e. The van der Waals surface area contributed by atoms with Crippen LogP contribution in [0.4, 0.5) is 11.4 Å². The zero-order valence-corrected chi connectivity index (χ0v) is 32.7. The Labute approximate surface area is 325 Å². The smallest absolute Gasteiger partial charge is 1.00 e. The Bertz CT molecular complexity index is 1400. The summed E-state index contributed by atoms with van der Waals surface area (Å²) in [6.07, 6.45) is 0. The van der Waals surface area contributed by atoms with Crippen LogP contribution in [-0.4, -0.2) is 101 Å². The number of carbonyl (C=O) groups is 2. The van der Waals surface area contributed by atoms with E-state index in [1.165, 1.54) is 0 Å². The Balaban J connectivity index is 0.00000338. The van der Waals surface area contributed by atoms with Gasteiger partial charge in [-0.2, -0.15) is 0 Å². The molecule has 12 heteroatoms. The van der Waals surface area contributed by atoms with Crippen LogP contribution in [0.1, 0.15) is 58.2 Å². The molecule has 1 fully saturated rings. The molecule has 6 rings (SSSR count). The van der Waals surface area contributed by atoms with Gasteiger partial charge in [-0.05, 0) is 64.6 Å². The number of hydrogen-bond acceptors (Lipinski definition) is 8. The van der Waals surface area contributed by atoms with Gasteiger partial charge in [-0.1, -0.05) is 45.0 Å². The molecule has 10 nitrogen and oxygen atoms in total. The van der Waals surface area contributed by atoms with E-state index in [1.807, 2.05) is 48.5 Å². The van der Waals surface area contributed by atoms with Gasteiger partial charge in [0.05, 0.1) is 52.9 Å². The Morgan fingerprint density at radius 1 is 0.560 bits per heavy atom. The van der Waals surface area contributed by atoms with Crippen molar-refractivity contribution in [3.8, 4) is 0 Å². The fourth-order valence-corrected chi connectivity index (χ4v) is 5.70. The number of ether oxygens (including phenoxy) is 4. The van der Waals surface area contributed by atoms with Crippen LogP contribution in [0.5, 0.6) is 0 Å². The van der Waals surface area contributed by atoms with E-state index in [-0.39, 0.29) is 59.2 Å². The summed E-state index contributed by atoms with van der Waals surface area (Å²) in [5.74, 6) is -0.540. The molecule has 1 saturated heterocycles. The number of fused-ring (bicyclic) bond motifs is 16. The SMILES string of the molecule is CC(C)(C)c1cc2cc(c1)C(=O)Nc1cccc(c1)CN1CCOCCOCCN(CCOCCOCC1)Cc1cccc(c1)NC2=O.[Cl-].[Na+]. The van der Waals surface area contributed by atoms with Gasteiger partial charge in [-0.15, -0.1) is 0 Å². The van der Waals surface area contributed by atoms with Crippen molar-refractivity contribution in [1.82, 2.24) is 9.80 Å². The van der Waals surface area contributed by atoms with Crippen LogP contribution in [-0.2, 0) is 37.5 Å². The third-order valence-electron chi connectivity index (χ3n) is 8.46. The average molecular weight is 717 g/mol. The molecule has 3 aromatic carbocycles. The molecule has 0 spiro atoms. The minimum absolute atomic E-state index is 0. The van der Waals surface area contributed by atoms with Gasteiger partial charge in [-0.25, -0.2) is 0 Å². The maximum Gasteiger partial charge on any atom is 1.00 e. The van der Waals surface area contributed by atoms with Crippen molar-refractivity contribution in [3.05, 3.63) is 94.5 Å². The normalized spacial score (nSPS) is 20.5.